The first kappa shape index (κ1) is 50.8. The molecule has 18 heteroatoms. The number of fused-ring (bicyclic) bond motifs is 2. The summed E-state index contributed by atoms with van der Waals surface area (Å²) in [4.78, 5) is 50.0. The molecule has 4 N–H and O–H groups in total. The van der Waals surface area contributed by atoms with E-state index in [9.17, 15) is 30.2 Å². The molecule has 10 rings (SSSR count). The van der Waals surface area contributed by atoms with E-state index in [1.54, 1.807) is 11.0 Å². The predicted molar refractivity (Wildman–Crippen MR) is 289 cm³/mol. The Hall–Kier alpha value is -7.75. The Morgan fingerprint density at radius 1 is 0.853 bits per heavy atom. The van der Waals surface area contributed by atoms with Crippen LogP contribution >= 0.6 is 0 Å². The van der Waals surface area contributed by atoms with Gasteiger partial charge in [-0.25, -0.2) is 9.55 Å². The van der Waals surface area contributed by atoms with Crippen molar-refractivity contribution < 1.29 is 24.9 Å². The van der Waals surface area contributed by atoms with Crippen LogP contribution in [0.15, 0.2) is 91.5 Å². The normalized spacial score (nSPS) is 17.8. The molecule has 0 spiro atoms. The minimum absolute atomic E-state index is 0.00326. The first-order valence-electron chi connectivity index (χ1n) is 26.4. The number of hydrogen-bond acceptors (Lipinski definition) is 15. The summed E-state index contributed by atoms with van der Waals surface area (Å²) < 4.78 is 1.50. The number of nitrogens with one attached hydrogen (secondary N) is 1. The molecule has 0 radical (unpaired) electrons. The van der Waals surface area contributed by atoms with Crippen molar-refractivity contribution in [3.8, 4) is 40.7 Å². The van der Waals surface area contributed by atoms with E-state index in [1.807, 2.05) is 43.0 Å². The monoisotopic (exact) mass is 1010 g/mol. The fraction of sp³-hybridized carbons (Fsp3) is 0.421. The molecule has 18 nitrogen and oxygen atoms in total. The fourth-order valence-corrected chi connectivity index (χ4v) is 11.4. The number of aromatic nitrogens is 5. The average molecular weight is 1010 g/mol. The summed E-state index contributed by atoms with van der Waals surface area (Å²) >= 11 is 0. The number of nitriles is 1. The Kier molecular flexibility index (Phi) is 15.2. The first-order chi connectivity index (χ1) is 36.4. The third kappa shape index (κ3) is 11.1. The molecule has 2 amide bonds. The zero-order valence-electron chi connectivity index (χ0n) is 43.0. The van der Waals surface area contributed by atoms with Crippen molar-refractivity contribution in [1.29, 1.82) is 5.26 Å². The number of aromatic hydroxyl groups is 3. The number of benzene rings is 4. The van der Waals surface area contributed by atoms with Gasteiger partial charge in [0.15, 0.2) is 5.82 Å². The summed E-state index contributed by atoms with van der Waals surface area (Å²) in [5.74, 6) is 1.93. The number of piperidine rings is 1. The summed E-state index contributed by atoms with van der Waals surface area (Å²) in [6.07, 6.45) is 4.55. The Morgan fingerprint density at radius 3 is 2.37 bits per heavy atom. The number of hydrogen-bond donors (Lipinski definition) is 4. The lowest BCUT2D eigenvalue weighted by molar-refractivity contribution is -0.132. The molecule has 6 aromatic rings. The lowest BCUT2D eigenvalue weighted by Crippen LogP contribution is -2.55. The van der Waals surface area contributed by atoms with Gasteiger partial charge in [0.05, 0.1) is 42.0 Å². The van der Waals surface area contributed by atoms with Crippen molar-refractivity contribution in [1.82, 2.24) is 44.3 Å². The average Bonchev–Trinajstić information content (AvgIpc) is 3.81. The maximum Gasteiger partial charge on any atom is 0.319 e. The van der Waals surface area contributed by atoms with Gasteiger partial charge in [0, 0.05) is 114 Å². The number of piperazine rings is 2. The molecule has 1 atom stereocenters. The molecule has 3 fully saturated rings. The van der Waals surface area contributed by atoms with E-state index in [0.29, 0.717) is 67.8 Å². The Morgan fingerprint density at radius 2 is 1.61 bits per heavy atom. The summed E-state index contributed by atoms with van der Waals surface area (Å²) in [7, 11) is 0. The van der Waals surface area contributed by atoms with Gasteiger partial charge in [-0.05, 0) is 78.0 Å². The van der Waals surface area contributed by atoms with Gasteiger partial charge in [-0.15, -0.1) is 5.10 Å². The number of nitrogens with zero attached hydrogens (tertiary/aromatic N) is 12. The van der Waals surface area contributed by atoms with E-state index in [4.69, 9.17) is 9.97 Å². The van der Waals surface area contributed by atoms with Crippen molar-refractivity contribution in [2.75, 3.05) is 93.7 Å². The third-order valence-electron chi connectivity index (χ3n) is 15.5. The zero-order chi connectivity index (χ0) is 52.2. The number of phenolic OH excluding ortho intramolecular Hbond substituents is 2. The Bertz CT molecular complexity index is 3080. The first-order valence-corrected chi connectivity index (χ1v) is 26.4. The molecule has 4 aliphatic rings. The van der Waals surface area contributed by atoms with Gasteiger partial charge >= 0.3 is 6.01 Å². The highest BCUT2D eigenvalue weighted by Crippen LogP contribution is 2.39. The molecular weight excluding hydrogens is 947 g/mol. The van der Waals surface area contributed by atoms with E-state index in [-0.39, 0.29) is 53.5 Å². The summed E-state index contributed by atoms with van der Waals surface area (Å²) in [6.45, 7) is 18.1. The standard InChI is InChI=1S/C57H67N13O5/c1-4-52(73)69-31-30-68(36-43(69)16-21-58)54-45-20-25-67(49-11-7-9-41-8-5-6-10-44(41)49)37-48(45)60-56(61-54)59-22-17-53(74)66-23-18-40(19-24-66)35-65-28-26-64(27-29-65)34-39-12-14-42(15-13-39)70-55(62-63-57(70)75)47-32-46(38(2)3)50(71)33-51(47)72/h4-15,32-33,38,40,43,71-72H,1,16-20,22-31,34-37H2,2-3H3,(H,63,75)(H,59,60,61). The maximum absolute atomic E-state index is 13.7. The van der Waals surface area contributed by atoms with Gasteiger partial charge < -0.3 is 45.1 Å². The number of carbonyl (C=O) groups is 2. The molecule has 4 aliphatic heterocycles. The number of anilines is 3. The van der Waals surface area contributed by atoms with Crippen LogP contribution in [0.5, 0.6) is 17.5 Å². The van der Waals surface area contributed by atoms with Crippen molar-refractivity contribution >= 4 is 40.0 Å². The highest BCUT2D eigenvalue weighted by Gasteiger charge is 2.34. The molecule has 0 saturated carbocycles. The SMILES string of the molecule is C=CC(=O)N1CCN(c2nc(NCCC(=O)N3CCC(CN4CCN(Cc5ccc(-n6c(O)nnc6-c6cc(C(C)C)c(O)cc6O)cc5)CC4)CC3)nc3c2CCN(c2cccc4ccccc24)C3)CC1CC#N. The lowest BCUT2D eigenvalue weighted by Gasteiger charge is -2.42. The largest absolute Gasteiger partial charge is 0.508 e. The summed E-state index contributed by atoms with van der Waals surface area (Å²) in [5.41, 5.74) is 6.00. The Labute approximate surface area is 438 Å². The van der Waals surface area contributed by atoms with Gasteiger partial charge in [0.25, 0.3) is 0 Å². The quantitative estimate of drug-likeness (QED) is 0.0795. The van der Waals surface area contributed by atoms with Gasteiger partial charge in [-0.2, -0.15) is 10.2 Å². The van der Waals surface area contributed by atoms with Crippen molar-refractivity contribution in [2.45, 2.75) is 71.0 Å². The summed E-state index contributed by atoms with van der Waals surface area (Å²) in [5, 5.41) is 55.4. The van der Waals surface area contributed by atoms with Crippen LogP contribution in [0.1, 0.15) is 67.8 Å². The zero-order valence-corrected chi connectivity index (χ0v) is 43.0. The molecule has 3 saturated heterocycles. The minimum Gasteiger partial charge on any atom is -0.508 e. The highest BCUT2D eigenvalue weighted by atomic mass is 16.3. The smallest absolute Gasteiger partial charge is 0.319 e. The van der Waals surface area contributed by atoms with E-state index >= 15 is 0 Å². The van der Waals surface area contributed by atoms with Crippen LogP contribution in [-0.2, 0) is 29.1 Å². The van der Waals surface area contributed by atoms with E-state index in [0.717, 1.165) is 106 Å². The van der Waals surface area contributed by atoms with Gasteiger partial charge in [0.1, 0.15) is 17.3 Å². The third-order valence-corrected chi connectivity index (χ3v) is 15.5. The molecule has 6 heterocycles. The van der Waals surface area contributed by atoms with Gasteiger partial charge in [-0.1, -0.05) is 74.1 Å². The van der Waals surface area contributed by atoms with Crippen molar-refractivity contribution in [2.24, 2.45) is 5.92 Å². The van der Waals surface area contributed by atoms with E-state index in [2.05, 4.69) is 90.2 Å². The van der Waals surface area contributed by atoms with Crippen molar-refractivity contribution in [3.05, 3.63) is 114 Å². The fourth-order valence-electron chi connectivity index (χ4n) is 11.4. The number of likely N-dealkylation sites (tertiary alicyclic amines) is 1. The van der Waals surface area contributed by atoms with Crippen LogP contribution in [0.2, 0.25) is 0 Å². The van der Waals surface area contributed by atoms with Gasteiger partial charge in [0.2, 0.25) is 17.8 Å². The maximum atomic E-state index is 13.7. The van der Waals surface area contributed by atoms with Crippen LogP contribution in [0.4, 0.5) is 17.5 Å². The highest BCUT2D eigenvalue weighted by molar-refractivity contribution is 5.94. The second kappa shape index (κ2) is 22.4. The molecular formula is C57H67N13O5. The van der Waals surface area contributed by atoms with E-state index in [1.165, 1.54) is 27.5 Å². The molecule has 1 unspecified atom stereocenters. The Balaban J connectivity index is 0.710. The number of amides is 2. The molecule has 0 aliphatic carbocycles. The number of rotatable bonds is 15. The summed E-state index contributed by atoms with van der Waals surface area (Å²) in [6, 6.07) is 27.4. The van der Waals surface area contributed by atoms with Crippen LogP contribution < -0.4 is 15.1 Å². The molecule has 0 bridgehead atoms. The minimum atomic E-state index is -0.296. The molecule has 2 aromatic heterocycles. The second-order valence-corrected chi connectivity index (χ2v) is 20.6. The lowest BCUT2D eigenvalue weighted by atomic mass is 9.95. The van der Waals surface area contributed by atoms with Crippen molar-refractivity contribution in [3.63, 3.8) is 0 Å². The van der Waals surface area contributed by atoms with Crippen LogP contribution in [0.25, 0.3) is 27.8 Å². The van der Waals surface area contributed by atoms with E-state index < -0.39 is 0 Å². The molecule has 75 heavy (non-hydrogen) atoms. The predicted octanol–water partition coefficient (Wildman–Crippen LogP) is 6.66. The van der Waals surface area contributed by atoms with Crippen LogP contribution in [-0.4, -0.2) is 156 Å². The van der Waals surface area contributed by atoms with Crippen LogP contribution in [0.3, 0.4) is 0 Å². The molecule has 4 aromatic carbocycles. The van der Waals surface area contributed by atoms with Gasteiger partial charge in [-0.3, -0.25) is 14.5 Å². The number of phenols is 2. The second-order valence-electron chi connectivity index (χ2n) is 20.6. The van der Waals surface area contributed by atoms with Crippen LogP contribution in [0, 0.1) is 17.2 Å². The number of carbonyl (C=O) groups excluding carboxylic acids is 2. The topological polar surface area (TPSA) is 207 Å². The molecule has 390 valence electrons.